The molecule has 272 valence electrons. The van der Waals surface area contributed by atoms with E-state index >= 15 is 0 Å². The van der Waals surface area contributed by atoms with Crippen molar-refractivity contribution in [2.24, 2.45) is 21.7 Å². The lowest BCUT2D eigenvalue weighted by atomic mass is 9.81. The average molecular weight is 681 g/mol. The van der Waals surface area contributed by atoms with Crippen LogP contribution in [0.3, 0.4) is 0 Å². The SMILES string of the molecule is CN(C)CCNC(=O)c1ncc(CC(C)(C)C)nc1C(=O)C(C)(C)Cc1cnc(C(=O)C(C)(C)C)c(C(=O)NCCN(C)CC(C)(C)C)n1. The van der Waals surface area contributed by atoms with Crippen LogP contribution in [0.2, 0.25) is 0 Å². The Bertz CT molecular complexity index is 1500. The van der Waals surface area contributed by atoms with Gasteiger partial charge in [0.05, 0.1) is 11.4 Å². The molecule has 0 saturated heterocycles. The van der Waals surface area contributed by atoms with E-state index in [1.165, 1.54) is 6.20 Å². The lowest BCUT2D eigenvalue weighted by Crippen LogP contribution is -2.38. The summed E-state index contributed by atoms with van der Waals surface area (Å²) in [6, 6.07) is 0. The van der Waals surface area contributed by atoms with E-state index in [2.05, 4.69) is 77.0 Å². The molecule has 0 aliphatic heterocycles. The maximum atomic E-state index is 14.2. The number of nitrogens with zero attached hydrogens (tertiary/aromatic N) is 6. The number of Topliss-reactive ketones (excluding diaryl/α,β-unsaturated/α-hetero) is 2. The van der Waals surface area contributed by atoms with Gasteiger partial charge in [-0.25, -0.2) is 19.9 Å². The number of nitrogens with one attached hydrogen (secondary N) is 2. The first-order valence-corrected chi connectivity index (χ1v) is 17.0. The van der Waals surface area contributed by atoms with Gasteiger partial charge in [-0.2, -0.15) is 0 Å². The van der Waals surface area contributed by atoms with Gasteiger partial charge in [0.1, 0.15) is 11.4 Å². The van der Waals surface area contributed by atoms with Crippen molar-refractivity contribution >= 4 is 23.4 Å². The maximum absolute atomic E-state index is 14.2. The summed E-state index contributed by atoms with van der Waals surface area (Å²) in [5.74, 6) is -1.69. The van der Waals surface area contributed by atoms with Gasteiger partial charge in [-0.1, -0.05) is 76.2 Å². The van der Waals surface area contributed by atoms with E-state index in [4.69, 9.17) is 0 Å². The standard InChI is InChI=1S/C37H60N8O4/c1-34(2,3)19-24-21-41-28(32(48)38-15-17-44(12)13)27(42-24)31(47)37(10,11)20-25-22-40-26(30(46)36(7,8)9)29(43-25)33(49)39-16-18-45(14)23-35(4,5)6/h21-22H,15-20,23H2,1-14H3,(H,38,48)(H,39,49). The summed E-state index contributed by atoms with van der Waals surface area (Å²) in [5.41, 5.74) is -1.13. The largest absolute Gasteiger partial charge is 0.349 e. The quantitative estimate of drug-likeness (QED) is 0.257. The molecule has 0 saturated carbocycles. The third-order valence-corrected chi connectivity index (χ3v) is 7.50. The number of hydrogen-bond donors (Lipinski definition) is 2. The number of likely N-dealkylation sites (N-methyl/N-ethyl adjacent to an activating group) is 2. The molecule has 49 heavy (non-hydrogen) atoms. The van der Waals surface area contributed by atoms with Crippen LogP contribution in [0.1, 0.15) is 130 Å². The van der Waals surface area contributed by atoms with Crippen molar-refractivity contribution in [3.8, 4) is 0 Å². The molecule has 0 aromatic carbocycles. The minimum absolute atomic E-state index is 0.0149. The summed E-state index contributed by atoms with van der Waals surface area (Å²) >= 11 is 0. The Morgan fingerprint density at radius 3 is 1.61 bits per heavy atom. The lowest BCUT2D eigenvalue weighted by molar-refractivity contribution is 0.0816. The molecular formula is C37H60N8O4. The second-order valence-corrected chi connectivity index (χ2v) is 17.4. The number of ketones is 2. The monoisotopic (exact) mass is 680 g/mol. The van der Waals surface area contributed by atoms with E-state index < -0.39 is 28.4 Å². The highest BCUT2D eigenvalue weighted by Gasteiger charge is 2.36. The van der Waals surface area contributed by atoms with Crippen LogP contribution in [-0.2, 0) is 12.8 Å². The smallest absolute Gasteiger partial charge is 0.272 e. The summed E-state index contributed by atoms with van der Waals surface area (Å²) < 4.78 is 0. The van der Waals surface area contributed by atoms with Crippen molar-refractivity contribution in [3.05, 3.63) is 46.6 Å². The number of hydrogen-bond acceptors (Lipinski definition) is 10. The third kappa shape index (κ3) is 13.3. The Hall–Kier alpha value is -3.64. The molecule has 2 rings (SSSR count). The Balaban J connectivity index is 2.47. The van der Waals surface area contributed by atoms with E-state index in [9.17, 15) is 19.2 Å². The fourth-order valence-corrected chi connectivity index (χ4v) is 5.23. The van der Waals surface area contributed by atoms with Gasteiger partial charge in [-0.05, 0) is 38.4 Å². The van der Waals surface area contributed by atoms with Gasteiger partial charge in [0.15, 0.2) is 23.0 Å². The fraction of sp³-hybridized carbons (Fsp3) is 0.676. The zero-order valence-corrected chi connectivity index (χ0v) is 32.4. The first-order valence-electron chi connectivity index (χ1n) is 17.0. The molecule has 12 heteroatoms. The van der Waals surface area contributed by atoms with Crippen LogP contribution < -0.4 is 10.6 Å². The topological polar surface area (TPSA) is 150 Å². The van der Waals surface area contributed by atoms with Gasteiger partial charge in [0.25, 0.3) is 11.8 Å². The Morgan fingerprint density at radius 1 is 0.612 bits per heavy atom. The normalized spacial score (nSPS) is 12.7. The highest BCUT2D eigenvalue weighted by atomic mass is 16.2. The molecule has 0 atom stereocenters. The van der Waals surface area contributed by atoms with Crippen molar-refractivity contribution in [3.63, 3.8) is 0 Å². The van der Waals surface area contributed by atoms with E-state index in [0.717, 1.165) is 6.54 Å². The van der Waals surface area contributed by atoms with Crippen LogP contribution in [0.15, 0.2) is 12.4 Å². The van der Waals surface area contributed by atoms with E-state index in [-0.39, 0.29) is 45.8 Å². The first-order chi connectivity index (χ1) is 22.3. The van der Waals surface area contributed by atoms with E-state index in [1.807, 2.05) is 26.0 Å². The third-order valence-electron chi connectivity index (χ3n) is 7.50. The molecule has 0 aliphatic carbocycles. The molecule has 0 spiro atoms. The predicted molar refractivity (Wildman–Crippen MR) is 193 cm³/mol. The van der Waals surface area contributed by atoms with Gasteiger partial charge in [-0.15, -0.1) is 0 Å². The van der Waals surface area contributed by atoms with Gasteiger partial charge < -0.3 is 20.4 Å². The Morgan fingerprint density at radius 2 is 1.10 bits per heavy atom. The number of rotatable bonds is 15. The lowest BCUT2D eigenvalue weighted by Gasteiger charge is -2.26. The molecular weight excluding hydrogens is 620 g/mol. The molecule has 0 fully saturated rings. The van der Waals surface area contributed by atoms with Crippen LogP contribution >= 0.6 is 0 Å². The summed E-state index contributed by atoms with van der Waals surface area (Å²) in [7, 11) is 5.80. The van der Waals surface area contributed by atoms with Crippen LogP contribution in [-0.4, -0.2) is 107 Å². The second kappa shape index (κ2) is 16.4. The van der Waals surface area contributed by atoms with Crippen LogP contribution in [0, 0.1) is 21.7 Å². The molecule has 2 N–H and O–H groups in total. The van der Waals surface area contributed by atoms with E-state index in [0.29, 0.717) is 44.0 Å². The molecule has 2 aromatic rings. The maximum Gasteiger partial charge on any atom is 0.272 e. The number of amides is 2. The van der Waals surface area contributed by atoms with Crippen molar-refractivity contribution < 1.29 is 19.2 Å². The zero-order chi connectivity index (χ0) is 37.5. The highest BCUT2D eigenvalue weighted by molar-refractivity contribution is 6.08. The summed E-state index contributed by atoms with van der Waals surface area (Å²) in [4.78, 5) is 76.6. The molecule has 0 bridgehead atoms. The molecule has 0 unspecified atom stereocenters. The van der Waals surface area contributed by atoms with Gasteiger partial charge >= 0.3 is 0 Å². The minimum atomic E-state index is -1.12. The van der Waals surface area contributed by atoms with Crippen LogP contribution in [0.4, 0.5) is 0 Å². The highest BCUT2D eigenvalue weighted by Crippen LogP contribution is 2.29. The summed E-state index contributed by atoms with van der Waals surface area (Å²) in [6.07, 6.45) is 3.63. The number of carbonyl (C=O) groups excluding carboxylic acids is 4. The fourth-order valence-electron chi connectivity index (χ4n) is 5.23. The van der Waals surface area contributed by atoms with E-state index in [1.54, 1.807) is 40.8 Å². The molecule has 2 aromatic heterocycles. The van der Waals surface area contributed by atoms with Gasteiger partial charge in [-0.3, -0.25) is 19.2 Å². The minimum Gasteiger partial charge on any atom is -0.349 e. The molecule has 12 nitrogen and oxygen atoms in total. The predicted octanol–water partition coefficient (Wildman–Crippen LogP) is 4.53. The van der Waals surface area contributed by atoms with Crippen LogP contribution in [0.25, 0.3) is 0 Å². The summed E-state index contributed by atoms with van der Waals surface area (Å²) in [6.45, 7) is 24.2. The van der Waals surface area contributed by atoms with Gasteiger partial charge in [0.2, 0.25) is 0 Å². The van der Waals surface area contributed by atoms with Gasteiger partial charge in [0, 0.05) is 62.4 Å². The Kier molecular flexibility index (Phi) is 13.9. The van der Waals surface area contributed by atoms with Crippen molar-refractivity contribution in [1.29, 1.82) is 0 Å². The van der Waals surface area contributed by atoms with Crippen molar-refractivity contribution in [2.45, 2.75) is 89.0 Å². The average Bonchev–Trinajstić information content (AvgIpc) is 2.93. The molecule has 0 radical (unpaired) electrons. The second-order valence-electron chi connectivity index (χ2n) is 17.4. The molecule has 2 amide bonds. The number of aromatic nitrogens is 4. The molecule has 0 aliphatic rings. The van der Waals surface area contributed by atoms with Crippen molar-refractivity contribution in [2.75, 3.05) is 53.9 Å². The molecule has 2 heterocycles. The van der Waals surface area contributed by atoms with Crippen molar-refractivity contribution in [1.82, 2.24) is 40.4 Å². The van der Waals surface area contributed by atoms with Crippen LogP contribution in [0.5, 0.6) is 0 Å². The Labute approximate surface area is 293 Å². The zero-order valence-electron chi connectivity index (χ0n) is 32.4. The number of carbonyl (C=O) groups is 4. The first kappa shape index (κ1) is 41.5. The summed E-state index contributed by atoms with van der Waals surface area (Å²) in [5, 5.41) is 5.74.